The van der Waals surface area contributed by atoms with Gasteiger partial charge in [0.05, 0.1) is 11.6 Å². The van der Waals surface area contributed by atoms with Crippen molar-refractivity contribution in [3.8, 4) is 11.3 Å². The van der Waals surface area contributed by atoms with Gasteiger partial charge < -0.3 is 10.3 Å². The fraction of sp³-hybridized carbons (Fsp3) is 0.182. The van der Waals surface area contributed by atoms with Crippen LogP contribution in [-0.4, -0.2) is 5.16 Å². The van der Waals surface area contributed by atoms with Gasteiger partial charge >= 0.3 is 0 Å². The fourth-order valence-electron chi connectivity index (χ4n) is 1.36. The van der Waals surface area contributed by atoms with E-state index in [2.05, 4.69) is 5.16 Å². The van der Waals surface area contributed by atoms with E-state index >= 15 is 0 Å². The lowest BCUT2D eigenvalue weighted by Crippen LogP contribution is -2.02. The van der Waals surface area contributed by atoms with E-state index in [0.29, 0.717) is 5.76 Å². The summed E-state index contributed by atoms with van der Waals surface area (Å²) < 4.78 is 31.7. The second kappa shape index (κ2) is 4.02. The van der Waals surface area contributed by atoms with Crippen molar-refractivity contribution in [3.63, 3.8) is 0 Å². The molecule has 0 saturated carbocycles. The van der Waals surface area contributed by atoms with Gasteiger partial charge in [-0.15, -0.1) is 0 Å². The summed E-state index contributed by atoms with van der Waals surface area (Å²) in [6, 6.07) is 4.69. The monoisotopic (exact) mass is 224 g/mol. The molecular formula is C11H10F2N2O. The van der Waals surface area contributed by atoms with Crippen LogP contribution in [0.15, 0.2) is 28.8 Å². The van der Waals surface area contributed by atoms with Crippen LogP contribution in [0.5, 0.6) is 0 Å². The largest absolute Gasteiger partial charge is 0.359 e. The van der Waals surface area contributed by atoms with Gasteiger partial charge in [0.15, 0.2) is 5.76 Å². The first-order valence-electron chi connectivity index (χ1n) is 4.76. The Morgan fingerprint density at radius 2 is 1.94 bits per heavy atom. The van der Waals surface area contributed by atoms with Gasteiger partial charge in [0.1, 0.15) is 17.3 Å². The van der Waals surface area contributed by atoms with Crippen LogP contribution in [0.1, 0.15) is 18.7 Å². The highest BCUT2D eigenvalue weighted by atomic mass is 19.1. The van der Waals surface area contributed by atoms with Crippen LogP contribution in [0, 0.1) is 11.6 Å². The Balaban J connectivity index is 2.50. The minimum Gasteiger partial charge on any atom is -0.359 e. The summed E-state index contributed by atoms with van der Waals surface area (Å²) >= 11 is 0. The van der Waals surface area contributed by atoms with E-state index in [1.165, 1.54) is 24.3 Å². The zero-order chi connectivity index (χ0) is 11.7. The standard InChI is InChI=1S/C11H10F2N2O/c1-6(14)10-5-9(15-16-10)11-7(12)3-2-4-8(11)13/h2-6H,14H2,1H3. The van der Waals surface area contributed by atoms with Crippen LogP contribution in [0.4, 0.5) is 8.78 Å². The fourth-order valence-corrected chi connectivity index (χ4v) is 1.36. The summed E-state index contributed by atoms with van der Waals surface area (Å²) in [5.41, 5.74) is 5.48. The molecule has 0 spiro atoms. The molecular weight excluding hydrogens is 214 g/mol. The number of hydrogen-bond acceptors (Lipinski definition) is 3. The molecule has 84 valence electrons. The molecule has 0 saturated heterocycles. The molecule has 2 rings (SSSR count). The zero-order valence-electron chi connectivity index (χ0n) is 8.58. The van der Waals surface area contributed by atoms with Crippen LogP contribution < -0.4 is 5.73 Å². The summed E-state index contributed by atoms with van der Waals surface area (Å²) in [6.45, 7) is 1.70. The average molecular weight is 224 g/mol. The Labute approximate surface area is 90.9 Å². The maximum Gasteiger partial charge on any atom is 0.153 e. The first-order valence-corrected chi connectivity index (χ1v) is 4.76. The third-order valence-corrected chi connectivity index (χ3v) is 2.20. The van der Waals surface area contributed by atoms with Crippen molar-refractivity contribution >= 4 is 0 Å². The van der Waals surface area contributed by atoms with Crippen LogP contribution in [-0.2, 0) is 0 Å². The van der Waals surface area contributed by atoms with Crippen LogP contribution in [0.25, 0.3) is 11.3 Å². The molecule has 2 aromatic rings. The molecule has 0 radical (unpaired) electrons. The molecule has 16 heavy (non-hydrogen) atoms. The summed E-state index contributed by atoms with van der Waals surface area (Å²) in [4.78, 5) is 0. The number of aromatic nitrogens is 1. The van der Waals surface area contributed by atoms with E-state index in [-0.39, 0.29) is 17.3 Å². The van der Waals surface area contributed by atoms with Crippen molar-refractivity contribution in [1.29, 1.82) is 0 Å². The topological polar surface area (TPSA) is 52.0 Å². The quantitative estimate of drug-likeness (QED) is 0.853. The molecule has 0 aliphatic carbocycles. The Bertz CT molecular complexity index is 488. The van der Waals surface area contributed by atoms with Gasteiger partial charge in [-0.05, 0) is 19.1 Å². The Morgan fingerprint density at radius 1 is 1.31 bits per heavy atom. The Morgan fingerprint density at radius 3 is 2.44 bits per heavy atom. The number of nitrogens with two attached hydrogens (primary N) is 1. The molecule has 1 heterocycles. The molecule has 0 fully saturated rings. The summed E-state index contributed by atoms with van der Waals surface area (Å²) in [5, 5.41) is 3.59. The van der Waals surface area contributed by atoms with E-state index in [4.69, 9.17) is 10.3 Å². The van der Waals surface area contributed by atoms with Gasteiger partial charge in [0.2, 0.25) is 0 Å². The Hall–Kier alpha value is -1.75. The molecule has 1 aromatic carbocycles. The molecule has 0 aliphatic heterocycles. The second-order valence-electron chi connectivity index (χ2n) is 3.50. The van der Waals surface area contributed by atoms with Crippen LogP contribution in [0.3, 0.4) is 0 Å². The van der Waals surface area contributed by atoms with E-state index in [0.717, 1.165) is 0 Å². The number of hydrogen-bond donors (Lipinski definition) is 1. The molecule has 3 nitrogen and oxygen atoms in total. The number of benzene rings is 1. The zero-order valence-corrected chi connectivity index (χ0v) is 8.58. The highest BCUT2D eigenvalue weighted by Gasteiger charge is 2.16. The third-order valence-electron chi connectivity index (χ3n) is 2.20. The SMILES string of the molecule is CC(N)c1cc(-c2c(F)cccc2F)no1. The van der Waals surface area contributed by atoms with Crippen molar-refractivity contribution in [2.24, 2.45) is 5.73 Å². The van der Waals surface area contributed by atoms with Crippen LogP contribution >= 0.6 is 0 Å². The minimum atomic E-state index is -0.676. The summed E-state index contributed by atoms with van der Waals surface area (Å²) in [6.07, 6.45) is 0. The van der Waals surface area contributed by atoms with Crippen molar-refractivity contribution in [1.82, 2.24) is 5.16 Å². The van der Waals surface area contributed by atoms with Gasteiger partial charge in [-0.2, -0.15) is 0 Å². The number of nitrogens with zero attached hydrogens (tertiary/aromatic N) is 1. The Kier molecular flexibility index (Phi) is 2.70. The third kappa shape index (κ3) is 1.81. The first kappa shape index (κ1) is 10.8. The smallest absolute Gasteiger partial charge is 0.153 e. The van der Waals surface area contributed by atoms with Crippen LogP contribution in [0.2, 0.25) is 0 Å². The predicted octanol–water partition coefficient (Wildman–Crippen LogP) is 2.64. The predicted molar refractivity (Wildman–Crippen MR) is 54.5 cm³/mol. The molecule has 0 aliphatic rings. The van der Waals surface area contributed by atoms with Gasteiger partial charge in [0, 0.05) is 6.07 Å². The molecule has 1 aromatic heterocycles. The minimum absolute atomic E-state index is 0.114. The molecule has 2 N–H and O–H groups in total. The number of rotatable bonds is 2. The summed E-state index contributed by atoms with van der Waals surface area (Å²) in [7, 11) is 0. The van der Waals surface area contributed by atoms with E-state index < -0.39 is 11.6 Å². The van der Waals surface area contributed by atoms with Gasteiger partial charge in [-0.3, -0.25) is 0 Å². The normalized spacial score (nSPS) is 12.8. The van der Waals surface area contributed by atoms with Crippen molar-refractivity contribution in [2.45, 2.75) is 13.0 Å². The second-order valence-corrected chi connectivity index (χ2v) is 3.50. The lowest BCUT2D eigenvalue weighted by molar-refractivity contribution is 0.369. The highest BCUT2D eigenvalue weighted by molar-refractivity contribution is 5.60. The maximum absolute atomic E-state index is 13.4. The highest BCUT2D eigenvalue weighted by Crippen LogP contribution is 2.26. The maximum atomic E-state index is 13.4. The lowest BCUT2D eigenvalue weighted by atomic mass is 10.1. The number of halogens is 2. The van der Waals surface area contributed by atoms with Gasteiger partial charge in [-0.1, -0.05) is 11.2 Å². The van der Waals surface area contributed by atoms with E-state index in [1.807, 2.05) is 0 Å². The first-order chi connectivity index (χ1) is 7.59. The van der Waals surface area contributed by atoms with Gasteiger partial charge in [0.25, 0.3) is 0 Å². The molecule has 0 amide bonds. The lowest BCUT2D eigenvalue weighted by Gasteiger charge is -1.99. The molecule has 0 bridgehead atoms. The molecule has 5 heteroatoms. The van der Waals surface area contributed by atoms with Gasteiger partial charge in [-0.25, -0.2) is 8.78 Å². The average Bonchev–Trinajstić information content (AvgIpc) is 2.66. The van der Waals surface area contributed by atoms with E-state index in [1.54, 1.807) is 6.92 Å². The van der Waals surface area contributed by atoms with Crippen molar-refractivity contribution in [3.05, 3.63) is 41.7 Å². The van der Waals surface area contributed by atoms with Crippen molar-refractivity contribution < 1.29 is 13.3 Å². The van der Waals surface area contributed by atoms with Crippen molar-refractivity contribution in [2.75, 3.05) is 0 Å². The van der Waals surface area contributed by atoms with E-state index in [9.17, 15) is 8.78 Å². The molecule has 1 unspecified atom stereocenters. The molecule has 1 atom stereocenters. The summed E-state index contributed by atoms with van der Waals surface area (Å²) in [5.74, 6) is -0.966.